The molecule has 0 aliphatic rings. The normalized spacial score (nSPS) is 13.3. The maximum Gasteiger partial charge on any atom is 0.328 e. The minimum Gasteiger partial charge on any atom is -0.487 e. The Morgan fingerprint density at radius 1 is 1.15 bits per heavy atom. The van der Waals surface area contributed by atoms with E-state index in [0.717, 1.165) is 16.9 Å². The lowest BCUT2D eigenvalue weighted by Crippen LogP contribution is -2.48. The van der Waals surface area contributed by atoms with Gasteiger partial charge in [0.25, 0.3) is 10.0 Å². The third kappa shape index (κ3) is 6.96. The summed E-state index contributed by atoms with van der Waals surface area (Å²) in [6.45, 7) is 3.68. The Balaban J connectivity index is 1.52. The number of sulfonamides is 1. The molecule has 1 unspecified atom stereocenters. The SMILES string of the molecule is COC(=O)C(NC(=O)[C@H](Cc1ccccc1)n1cc(COc2ccc3nc(S(N)(=O)=O)sc3c2)nn1)C(C)C. The zero-order chi connectivity index (χ0) is 28.2. The summed E-state index contributed by atoms with van der Waals surface area (Å²) < 4.78 is 35.7. The molecule has 206 valence electrons. The van der Waals surface area contributed by atoms with Crippen molar-refractivity contribution in [3.8, 4) is 5.75 Å². The van der Waals surface area contributed by atoms with Crippen molar-refractivity contribution < 1.29 is 27.5 Å². The van der Waals surface area contributed by atoms with Gasteiger partial charge in [-0.1, -0.05) is 49.4 Å². The van der Waals surface area contributed by atoms with E-state index in [0.29, 0.717) is 28.1 Å². The van der Waals surface area contributed by atoms with E-state index in [1.165, 1.54) is 11.8 Å². The van der Waals surface area contributed by atoms with Crippen molar-refractivity contribution >= 4 is 43.5 Å². The van der Waals surface area contributed by atoms with Gasteiger partial charge in [0.15, 0.2) is 0 Å². The molecule has 0 bridgehead atoms. The first-order valence-electron chi connectivity index (χ1n) is 11.9. The first-order valence-corrected chi connectivity index (χ1v) is 14.3. The van der Waals surface area contributed by atoms with Gasteiger partial charge in [-0.3, -0.25) is 4.79 Å². The van der Waals surface area contributed by atoms with Crippen LogP contribution < -0.4 is 15.2 Å². The molecule has 0 saturated carbocycles. The van der Waals surface area contributed by atoms with E-state index in [1.807, 2.05) is 44.2 Å². The number of nitrogens with two attached hydrogens (primary N) is 1. The highest BCUT2D eigenvalue weighted by molar-refractivity contribution is 7.91. The highest BCUT2D eigenvalue weighted by Crippen LogP contribution is 2.28. The number of methoxy groups -OCH3 is 1. The topological polar surface area (TPSA) is 168 Å². The molecular formula is C25H28N6O6S2. The van der Waals surface area contributed by atoms with Crippen LogP contribution in [0.2, 0.25) is 0 Å². The Morgan fingerprint density at radius 3 is 2.56 bits per heavy atom. The smallest absolute Gasteiger partial charge is 0.328 e. The minimum absolute atomic E-state index is 0.0445. The average molecular weight is 573 g/mol. The number of nitrogens with zero attached hydrogens (tertiary/aromatic N) is 4. The van der Waals surface area contributed by atoms with Crippen LogP contribution in [0.5, 0.6) is 5.75 Å². The standard InChI is InChI=1S/C25H28N6O6S2/c1-15(2)22(24(33)36-3)28-23(32)20(11-16-7-5-4-6-8-16)31-13-17(29-30-31)14-37-18-9-10-19-21(12-18)38-25(27-19)39(26,34)35/h4-10,12-13,15,20,22H,11,14H2,1-3H3,(H,28,32)(H2,26,34,35)/t20-,22?/m0/s1. The Morgan fingerprint density at radius 2 is 1.90 bits per heavy atom. The second-order valence-electron chi connectivity index (χ2n) is 9.09. The largest absolute Gasteiger partial charge is 0.487 e. The Labute approximate surface area is 229 Å². The number of ether oxygens (including phenoxy) is 2. The fourth-order valence-electron chi connectivity index (χ4n) is 3.80. The van der Waals surface area contributed by atoms with Gasteiger partial charge in [0.1, 0.15) is 30.1 Å². The van der Waals surface area contributed by atoms with Crippen molar-refractivity contribution in [1.29, 1.82) is 0 Å². The quantitative estimate of drug-likeness (QED) is 0.256. The number of aromatic nitrogens is 4. The maximum absolute atomic E-state index is 13.4. The van der Waals surface area contributed by atoms with Crippen LogP contribution in [0.3, 0.4) is 0 Å². The number of benzene rings is 2. The van der Waals surface area contributed by atoms with E-state index in [-0.39, 0.29) is 16.9 Å². The van der Waals surface area contributed by atoms with Crippen molar-refractivity contribution in [1.82, 2.24) is 25.3 Å². The summed E-state index contributed by atoms with van der Waals surface area (Å²) >= 11 is 0.949. The maximum atomic E-state index is 13.4. The van der Waals surface area contributed by atoms with Gasteiger partial charge < -0.3 is 14.8 Å². The summed E-state index contributed by atoms with van der Waals surface area (Å²) in [4.78, 5) is 29.6. The summed E-state index contributed by atoms with van der Waals surface area (Å²) in [7, 11) is -2.62. The van der Waals surface area contributed by atoms with Crippen LogP contribution >= 0.6 is 11.3 Å². The third-order valence-corrected chi connectivity index (χ3v) is 8.18. The summed E-state index contributed by atoms with van der Waals surface area (Å²) in [6, 6.07) is 12.8. The van der Waals surface area contributed by atoms with Gasteiger partial charge >= 0.3 is 5.97 Å². The molecule has 0 fully saturated rings. The lowest BCUT2D eigenvalue weighted by Gasteiger charge is -2.23. The zero-order valence-electron chi connectivity index (χ0n) is 21.5. The number of nitrogens with one attached hydrogen (secondary N) is 1. The van der Waals surface area contributed by atoms with Crippen LogP contribution in [0.4, 0.5) is 0 Å². The number of rotatable bonds is 11. The van der Waals surface area contributed by atoms with Crippen molar-refractivity contribution in [3.63, 3.8) is 0 Å². The van der Waals surface area contributed by atoms with Crippen LogP contribution in [0.25, 0.3) is 10.2 Å². The molecular weight excluding hydrogens is 544 g/mol. The second kappa shape index (κ2) is 11.9. The highest BCUT2D eigenvalue weighted by Gasteiger charge is 2.30. The zero-order valence-corrected chi connectivity index (χ0v) is 23.1. The first-order chi connectivity index (χ1) is 18.5. The molecule has 12 nitrogen and oxygen atoms in total. The van der Waals surface area contributed by atoms with Crippen LogP contribution in [0.1, 0.15) is 31.1 Å². The third-order valence-electron chi connectivity index (χ3n) is 5.84. The summed E-state index contributed by atoms with van der Waals surface area (Å²) in [5.41, 5.74) is 1.86. The molecule has 4 rings (SSSR count). The number of amides is 1. The molecule has 0 radical (unpaired) electrons. The number of hydrogen-bond acceptors (Lipinski definition) is 10. The molecule has 2 aromatic carbocycles. The van der Waals surface area contributed by atoms with E-state index < -0.39 is 34.0 Å². The van der Waals surface area contributed by atoms with Gasteiger partial charge in [0.05, 0.1) is 23.5 Å². The molecule has 0 spiro atoms. The van der Waals surface area contributed by atoms with Crippen LogP contribution in [-0.2, 0) is 37.4 Å². The summed E-state index contributed by atoms with van der Waals surface area (Å²) in [6.07, 6.45) is 1.93. The van der Waals surface area contributed by atoms with Gasteiger partial charge in [-0.15, -0.1) is 16.4 Å². The molecule has 1 amide bonds. The van der Waals surface area contributed by atoms with E-state index in [4.69, 9.17) is 14.6 Å². The lowest BCUT2D eigenvalue weighted by atomic mass is 10.0. The molecule has 0 saturated heterocycles. The van der Waals surface area contributed by atoms with Gasteiger partial charge in [-0.2, -0.15) is 0 Å². The van der Waals surface area contributed by atoms with E-state index in [2.05, 4.69) is 20.6 Å². The van der Waals surface area contributed by atoms with Gasteiger partial charge in [0.2, 0.25) is 10.2 Å². The molecule has 2 aromatic heterocycles. The number of carbonyl (C=O) groups excluding carboxylic acids is 2. The number of primary sulfonamides is 1. The van der Waals surface area contributed by atoms with Gasteiger partial charge in [0, 0.05) is 6.42 Å². The highest BCUT2D eigenvalue weighted by atomic mass is 32.2. The second-order valence-corrected chi connectivity index (χ2v) is 11.9. The Hall–Kier alpha value is -3.88. The summed E-state index contributed by atoms with van der Waals surface area (Å²) in [5, 5.41) is 16.3. The number of carbonyl (C=O) groups is 2. The van der Waals surface area contributed by atoms with E-state index in [1.54, 1.807) is 24.4 Å². The van der Waals surface area contributed by atoms with Crippen LogP contribution in [0, 0.1) is 5.92 Å². The average Bonchev–Trinajstić information content (AvgIpc) is 3.56. The Bertz CT molecular complexity index is 1570. The van der Waals surface area contributed by atoms with Crippen molar-refractivity contribution in [2.24, 2.45) is 11.1 Å². The fraction of sp³-hybridized carbons (Fsp3) is 0.320. The molecule has 2 atom stereocenters. The predicted molar refractivity (Wildman–Crippen MR) is 143 cm³/mol. The molecule has 39 heavy (non-hydrogen) atoms. The number of hydrogen-bond donors (Lipinski definition) is 2. The lowest BCUT2D eigenvalue weighted by molar-refractivity contribution is -0.146. The number of fused-ring (bicyclic) bond motifs is 1. The van der Waals surface area contributed by atoms with Crippen molar-refractivity contribution in [2.75, 3.05) is 7.11 Å². The number of esters is 1. The van der Waals surface area contributed by atoms with Gasteiger partial charge in [-0.25, -0.2) is 28.0 Å². The summed E-state index contributed by atoms with van der Waals surface area (Å²) in [5.74, 6) is -0.645. The predicted octanol–water partition coefficient (Wildman–Crippen LogP) is 2.21. The fourth-order valence-corrected chi connectivity index (χ4v) is 5.49. The van der Waals surface area contributed by atoms with E-state index in [9.17, 15) is 18.0 Å². The molecule has 4 aromatic rings. The first kappa shape index (κ1) is 28.1. The molecule has 0 aliphatic heterocycles. The Kier molecular flexibility index (Phi) is 8.57. The molecule has 3 N–H and O–H groups in total. The van der Waals surface area contributed by atoms with E-state index >= 15 is 0 Å². The molecule has 0 aliphatic carbocycles. The van der Waals surface area contributed by atoms with Gasteiger partial charge in [-0.05, 0) is 29.7 Å². The van der Waals surface area contributed by atoms with Crippen molar-refractivity contribution in [3.05, 3.63) is 66.0 Å². The van der Waals surface area contributed by atoms with Crippen molar-refractivity contribution in [2.45, 2.75) is 43.3 Å². The van der Waals surface area contributed by atoms with Crippen LogP contribution in [-0.4, -0.2) is 53.4 Å². The monoisotopic (exact) mass is 572 g/mol. The van der Waals surface area contributed by atoms with Crippen LogP contribution in [0.15, 0.2) is 59.1 Å². The minimum atomic E-state index is -3.90. The molecule has 14 heteroatoms. The molecule has 2 heterocycles. The number of thiazole rings is 1.